The summed E-state index contributed by atoms with van der Waals surface area (Å²) in [6.07, 6.45) is 0. The van der Waals surface area contributed by atoms with Crippen molar-refractivity contribution in [3.05, 3.63) is 89.1 Å². The van der Waals surface area contributed by atoms with E-state index in [1.54, 1.807) is 31.4 Å². The number of benzene rings is 3. The molecule has 0 bridgehead atoms. The Morgan fingerprint density at radius 2 is 1.62 bits per heavy atom. The molecule has 0 spiro atoms. The maximum atomic E-state index is 13.1. The van der Waals surface area contributed by atoms with Crippen LogP contribution in [-0.4, -0.2) is 20.5 Å². The number of aryl methyl sites for hydroxylation is 2. The second kappa shape index (κ2) is 8.02. The third-order valence-electron chi connectivity index (χ3n) is 5.99. The third kappa shape index (κ3) is 3.86. The summed E-state index contributed by atoms with van der Waals surface area (Å²) in [7, 11) is -2.07. The Morgan fingerprint density at radius 3 is 2.31 bits per heavy atom. The van der Waals surface area contributed by atoms with Crippen molar-refractivity contribution in [2.75, 3.05) is 11.8 Å². The van der Waals surface area contributed by atoms with Crippen LogP contribution >= 0.6 is 0 Å². The number of rotatable bonds is 6. The zero-order chi connectivity index (χ0) is 23.1. The number of hydrogen-bond acceptors (Lipinski definition) is 3. The van der Waals surface area contributed by atoms with E-state index < -0.39 is 15.4 Å². The highest BCUT2D eigenvalue weighted by Gasteiger charge is 2.31. The first-order chi connectivity index (χ1) is 15.1. The third-order valence-corrected chi connectivity index (χ3v) is 7.38. The van der Waals surface area contributed by atoms with Crippen LogP contribution in [0.25, 0.3) is 10.9 Å². The number of aromatic nitrogens is 1. The van der Waals surface area contributed by atoms with Crippen LogP contribution in [0.3, 0.4) is 0 Å². The van der Waals surface area contributed by atoms with Crippen LogP contribution in [-0.2, 0) is 15.4 Å². The summed E-state index contributed by atoms with van der Waals surface area (Å²) >= 11 is 0. The fraction of sp³-hybridized carbons (Fsp3) is 0.231. The van der Waals surface area contributed by atoms with E-state index in [9.17, 15) is 8.42 Å². The van der Waals surface area contributed by atoms with Gasteiger partial charge in [-0.3, -0.25) is 4.72 Å². The minimum absolute atomic E-state index is 0.240. The Bertz CT molecular complexity index is 1380. The highest BCUT2D eigenvalue weighted by Crippen LogP contribution is 2.42. The number of fused-ring (bicyclic) bond motifs is 1. The highest BCUT2D eigenvalue weighted by molar-refractivity contribution is 7.92. The molecule has 6 heteroatoms. The molecular formula is C26H28N2O3S. The molecule has 0 radical (unpaired) electrons. The van der Waals surface area contributed by atoms with Crippen molar-refractivity contribution >= 4 is 26.6 Å². The molecule has 1 aromatic heterocycles. The van der Waals surface area contributed by atoms with Gasteiger partial charge in [0.25, 0.3) is 10.0 Å². The van der Waals surface area contributed by atoms with E-state index in [1.807, 2.05) is 56.3 Å². The molecule has 4 aromatic rings. The number of ether oxygens (including phenoxy) is 1. The van der Waals surface area contributed by atoms with Crippen molar-refractivity contribution < 1.29 is 13.2 Å². The summed E-state index contributed by atoms with van der Waals surface area (Å²) in [4.78, 5) is 3.70. The van der Waals surface area contributed by atoms with Crippen molar-refractivity contribution in [3.63, 3.8) is 0 Å². The van der Waals surface area contributed by atoms with Gasteiger partial charge in [0.05, 0.1) is 17.7 Å². The smallest absolute Gasteiger partial charge is 0.261 e. The van der Waals surface area contributed by atoms with Crippen molar-refractivity contribution in [2.45, 2.75) is 38.0 Å². The molecule has 4 rings (SSSR count). The lowest BCUT2D eigenvalue weighted by Gasteiger charge is -2.29. The molecule has 0 atom stereocenters. The summed E-state index contributed by atoms with van der Waals surface area (Å²) in [6, 6.07) is 20.4. The van der Waals surface area contributed by atoms with Gasteiger partial charge in [0.15, 0.2) is 0 Å². The van der Waals surface area contributed by atoms with Crippen molar-refractivity contribution in [2.24, 2.45) is 0 Å². The van der Waals surface area contributed by atoms with E-state index in [1.165, 1.54) is 0 Å². The number of H-pyrrole nitrogens is 1. The molecule has 0 saturated heterocycles. The molecule has 0 unspecified atom stereocenters. The van der Waals surface area contributed by atoms with Crippen molar-refractivity contribution in [1.29, 1.82) is 0 Å². The Labute approximate surface area is 189 Å². The van der Waals surface area contributed by atoms with E-state index >= 15 is 0 Å². The summed E-state index contributed by atoms with van der Waals surface area (Å²) < 4.78 is 34.5. The van der Waals surface area contributed by atoms with Gasteiger partial charge in [-0.05, 0) is 61.4 Å². The Hall–Kier alpha value is -3.25. The quantitative estimate of drug-likeness (QED) is 0.385. The largest absolute Gasteiger partial charge is 0.497 e. The summed E-state index contributed by atoms with van der Waals surface area (Å²) in [5.74, 6) is 0.780. The first-order valence-electron chi connectivity index (χ1n) is 10.5. The van der Waals surface area contributed by atoms with E-state index in [2.05, 4.69) is 23.6 Å². The number of sulfonamides is 1. The number of anilines is 1. The first kappa shape index (κ1) is 22.0. The van der Waals surface area contributed by atoms with Gasteiger partial charge in [0, 0.05) is 22.0 Å². The molecule has 5 nitrogen and oxygen atoms in total. The van der Waals surface area contributed by atoms with Crippen LogP contribution in [0.1, 0.15) is 36.2 Å². The van der Waals surface area contributed by atoms with E-state index in [0.717, 1.165) is 39.0 Å². The lowest BCUT2D eigenvalue weighted by molar-refractivity contribution is 0.415. The number of aromatic amines is 1. The van der Waals surface area contributed by atoms with Crippen LogP contribution in [0.5, 0.6) is 5.75 Å². The second-order valence-corrected chi connectivity index (χ2v) is 10.3. The number of methoxy groups -OCH3 is 1. The van der Waals surface area contributed by atoms with Crippen LogP contribution in [0.2, 0.25) is 0 Å². The molecular weight excluding hydrogens is 420 g/mol. The summed E-state index contributed by atoms with van der Waals surface area (Å²) in [5, 5.41) is 1.06. The maximum Gasteiger partial charge on any atom is 0.261 e. The van der Waals surface area contributed by atoms with Gasteiger partial charge >= 0.3 is 0 Å². The zero-order valence-electron chi connectivity index (χ0n) is 19.0. The molecule has 2 N–H and O–H groups in total. The van der Waals surface area contributed by atoms with E-state index in [0.29, 0.717) is 5.69 Å². The Morgan fingerprint density at radius 1 is 0.938 bits per heavy atom. The number of hydrogen-bond donors (Lipinski definition) is 2. The van der Waals surface area contributed by atoms with Gasteiger partial charge in [-0.2, -0.15) is 0 Å². The zero-order valence-corrected chi connectivity index (χ0v) is 19.8. The number of para-hydroxylation sites is 1. The maximum absolute atomic E-state index is 13.1. The standard InChI is InChI=1S/C26H28N2O3S/c1-17-10-13-20(14-11-17)32(29,30)28-24-9-7-6-8-22(24)26(3,4)25-18(2)27-23-15-12-19(31-5)16-21(23)25/h6-16,27-28H,1-5H3. The van der Waals surface area contributed by atoms with Gasteiger partial charge in [-0.1, -0.05) is 49.7 Å². The van der Waals surface area contributed by atoms with Crippen molar-refractivity contribution in [3.8, 4) is 5.75 Å². The van der Waals surface area contributed by atoms with Crippen LogP contribution in [0.4, 0.5) is 5.69 Å². The average Bonchev–Trinajstić information content (AvgIpc) is 3.09. The molecule has 3 aromatic carbocycles. The molecule has 0 aliphatic carbocycles. The van der Waals surface area contributed by atoms with Crippen LogP contribution in [0, 0.1) is 13.8 Å². The molecule has 32 heavy (non-hydrogen) atoms. The predicted octanol–water partition coefficient (Wildman–Crippen LogP) is 5.92. The van der Waals surface area contributed by atoms with Gasteiger partial charge in [0.2, 0.25) is 0 Å². The minimum atomic E-state index is -3.72. The fourth-order valence-corrected chi connectivity index (χ4v) is 5.49. The van der Waals surface area contributed by atoms with Crippen LogP contribution in [0.15, 0.2) is 71.6 Å². The van der Waals surface area contributed by atoms with Gasteiger partial charge in [-0.25, -0.2) is 8.42 Å². The fourth-order valence-electron chi connectivity index (χ4n) is 4.41. The summed E-state index contributed by atoms with van der Waals surface area (Å²) in [5.41, 5.74) is 5.14. The monoisotopic (exact) mass is 448 g/mol. The predicted molar refractivity (Wildman–Crippen MR) is 130 cm³/mol. The molecule has 0 saturated carbocycles. The van der Waals surface area contributed by atoms with Gasteiger partial charge < -0.3 is 9.72 Å². The first-order valence-corrected chi connectivity index (χ1v) is 12.0. The molecule has 0 aliphatic heterocycles. The Balaban J connectivity index is 1.82. The van der Waals surface area contributed by atoms with E-state index in [4.69, 9.17) is 4.74 Å². The molecule has 0 amide bonds. The lowest BCUT2D eigenvalue weighted by Crippen LogP contribution is -2.23. The topological polar surface area (TPSA) is 71.2 Å². The molecule has 0 aliphatic rings. The average molecular weight is 449 g/mol. The van der Waals surface area contributed by atoms with Crippen LogP contribution < -0.4 is 9.46 Å². The molecule has 1 heterocycles. The van der Waals surface area contributed by atoms with Crippen molar-refractivity contribution in [1.82, 2.24) is 4.98 Å². The summed E-state index contributed by atoms with van der Waals surface area (Å²) in [6.45, 7) is 8.20. The van der Waals surface area contributed by atoms with Gasteiger partial charge in [0.1, 0.15) is 5.75 Å². The minimum Gasteiger partial charge on any atom is -0.497 e. The lowest BCUT2D eigenvalue weighted by atomic mass is 9.76. The normalized spacial score (nSPS) is 12.2. The molecule has 0 fully saturated rings. The molecule has 166 valence electrons. The SMILES string of the molecule is COc1ccc2[nH]c(C)c(C(C)(C)c3ccccc3NS(=O)(=O)c3ccc(C)cc3)c2c1. The second-order valence-electron chi connectivity index (χ2n) is 8.63. The number of nitrogens with one attached hydrogen (secondary N) is 2. The van der Waals surface area contributed by atoms with E-state index in [-0.39, 0.29) is 4.90 Å². The van der Waals surface area contributed by atoms with Gasteiger partial charge in [-0.15, -0.1) is 0 Å². The highest BCUT2D eigenvalue weighted by atomic mass is 32.2. The Kier molecular flexibility index (Phi) is 5.51.